The van der Waals surface area contributed by atoms with E-state index in [4.69, 9.17) is 5.73 Å². The second-order valence-corrected chi connectivity index (χ2v) is 5.73. The molecule has 0 aliphatic heterocycles. The van der Waals surface area contributed by atoms with E-state index in [2.05, 4.69) is 55.2 Å². The molecule has 2 N–H and O–H groups in total. The minimum absolute atomic E-state index is 0.640. The maximum atomic E-state index is 5.84. The summed E-state index contributed by atoms with van der Waals surface area (Å²) >= 11 is 1.57. The third kappa shape index (κ3) is 2.89. The zero-order chi connectivity index (χ0) is 13.1. The fourth-order valence-corrected chi connectivity index (χ4v) is 2.86. The SMILES string of the molecule is CCc1ccc(-c2nc(N)sc2CN(C)C)cc1. The van der Waals surface area contributed by atoms with Crippen LogP contribution in [0.4, 0.5) is 5.13 Å². The van der Waals surface area contributed by atoms with Crippen molar-refractivity contribution < 1.29 is 0 Å². The molecule has 0 amide bonds. The van der Waals surface area contributed by atoms with Gasteiger partial charge in [0.2, 0.25) is 0 Å². The van der Waals surface area contributed by atoms with Crippen LogP contribution in [0, 0.1) is 0 Å². The molecule has 0 saturated carbocycles. The third-order valence-electron chi connectivity index (χ3n) is 2.81. The Hall–Kier alpha value is -1.39. The van der Waals surface area contributed by atoms with Gasteiger partial charge in [0.15, 0.2) is 5.13 Å². The molecular weight excluding hydrogens is 242 g/mol. The van der Waals surface area contributed by atoms with Crippen molar-refractivity contribution >= 4 is 16.5 Å². The molecule has 18 heavy (non-hydrogen) atoms. The van der Waals surface area contributed by atoms with Crippen molar-refractivity contribution in [2.75, 3.05) is 19.8 Å². The highest BCUT2D eigenvalue weighted by Gasteiger charge is 2.12. The summed E-state index contributed by atoms with van der Waals surface area (Å²) in [5.41, 5.74) is 9.35. The molecule has 0 bridgehead atoms. The highest BCUT2D eigenvalue weighted by Crippen LogP contribution is 2.30. The Kier molecular flexibility index (Phi) is 3.99. The van der Waals surface area contributed by atoms with Gasteiger partial charge < -0.3 is 10.6 Å². The van der Waals surface area contributed by atoms with E-state index in [0.717, 1.165) is 24.2 Å². The standard InChI is InChI=1S/C14H19N3S/c1-4-10-5-7-11(8-6-10)13-12(9-17(2)3)18-14(15)16-13/h5-8H,4,9H2,1-3H3,(H2,15,16). The molecule has 4 heteroatoms. The number of hydrogen-bond donors (Lipinski definition) is 1. The average Bonchev–Trinajstić information content (AvgIpc) is 2.69. The van der Waals surface area contributed by atoms with Gasteiger partial charge in [0.05, 0.1) is 5.69 Å². The van der Waals surface area contributed by atoms with Crippen molar-refractivity contribution in [3.8, 4) is 11.3 Å². The monoisotopic (exact) mass is 261 g/mol. The fourth-order valence-electron chi connectivity index (χ4n) is 1.89. The van der Waals surface area contributed by atoms with Crippen molar-refractivity contribution in [2.24, 2.45) is 0 Å². The summed E-state index contributed by atoms with van der Waals surface area (Å²) in [6.07, 6.45) is 1.06. The summed E-state index contributed by atoms with van der Waals surface area (Å²) in [6.45, 7) is 3.03. The van der Waals surface area contributed by atoms with E-state index in [1.54, 1.807) is 11.3 Å². The van der Waals surface area contributed by atoms with Crippen molar-refractivity contribution in [3.05, 3.63) is 34.7 Å². The van der Waals surface area contributed by atoms with Crippen LogP contribution in [0.3, 0.4) is 0 Å². The van der Waals surface area contributed by atoms with Crippen molar-refractivity contribution in [1.29, 1.82) is 0 Å². The highest BCUT2D eigenvalue weighted by molar-refractivity contribution is 7.15. The molecule has 1 aromatic carbocycles. The van der Waals surface area contributed by atoms with Gasteiger partial charge in [0.25, 0.3) is 0 Å². The summed E-state index contributed by atoms with van der Waals surface area (Å²) in [6, 6.07) is 8.58. The first-order chi connectivity index (χ1) is 8.60. The molecule has 96 valence electrons. The molecule has 0 radical (unpaired) electrons. The molecule has 0 aliphatic carbocycles. The van der Waals surface area contributed by atoms with Crippen molar-refractivity contribution in [3.63, 3.8) is 0 Å². The lowest BCUT2D eigenvalue weighted by Gasteiger charge is -2.09. The van der Waals surface area contributed by atoms with E-state index in [-0.39, 0.29) is 0 Å². The smallest absolute Gasteiger partial charge is 0.180 e. The third-order valence-corrected chi connectivity index (χ3v) is 3.68. The highest BCUT2D eigenvalue weighted by atomic mass is 32.1. The first-order valence-electron chi connectivity index (χ1n) is 6.09. The second-order valence-electron chi connectivity index (χ2n) is 4.61. The molecule has 2 aromatic rings. The quantitative estimate of drug-likeness (QED) is 0.920. The second kappa shape index (κ2) is 5.50. The first-order valence-corrected chi connectivity index (χ1v) is 6.91. The molecule has 0 fully saturated rings. The Morgan fingerprint density at radius 1 is 1.22 bits per heavy atom. The Labute approximate surface area is 112 Å². The van der Waals surface area contributed by atoms with E-state index < -0.39 is 0 Å². The van der Waals surface area contributed by atoms with Gasteiger partial charge in [-0.2, -0.15) is 0 Å². The molecule has 0 spiro atoms. The molecule has 0 atom stereocenters. The van der Waals surface area contributed by atoms with Crippen LogP contribution in [0.2, 0.25) is 0 Å². The molecule has 0 saturated heterocycles. The van der Waals surface area contributed by atoms with Gasteiger partial charge in [0, 0.05) is 17.0 Å². The van der Waals surface area contributed by atoms with Gasteiger partial charge in [-0.05, 0) is 26.1 Å². The number of rotatable bonds is 4. The topological polar surface area (TPSA) is 42.1 Å². The van der Waals surface area contributed by atoms with E-state index in [1.807, 2.05) is 0 Å². The van der Waals surface area contributed by atoms with Crippen LogP contribution < -0.4 is 5.73 Å². The van der Waals surface area contributed by atoms with E-state index in [0.29, 0.717) is 5.13 Å². The van der Waals surface area contributed by atoms with Crippen LogP contribution in [-0.4, -0.2) is 24.0 Å². The Morgan fingerprint density at radius 3 is 2.44 bits per heavy atom. The Bertz CT molecular complexity index is 514. The summed E-state index contributed by atoms with van der Waals surface area (Å²) in [5.74, 6) is 0. The summed E-state index contributed by atoms with van der Waals surface area (Å²) in [4.78, 5) is 7.82. The Balaban J connectivity index is 2.36. The van der Waals surface area contributed by atoms with Gasteiger partial charge in [-0.25, -0.2) is 4.98 Å². The Morgan fingerprint density at radius 2 is 1.89 bits per heavy atom. The first kappa shape index (κ1) is 13.1. The zero-order valence-electron chi connectivity index (χ0n) is 11.1. The number of aryl methyl sites for hydroxylation is 1. The van der Waals surface area contributed by atoms with Crippen LogP contribution in [-0.2, 0) is 13.0 Å². The number of anilines is 1. The van der Waals surface area contributed by atoms with Crippen molar-refractivity contribution in [2.45, 2.75) is 19.9 Å². The van der Waals surface area contributed by atoms with Crippen LogP contribution in [0.15, 0.2) is 24.3 Å². The number of thiazole rings is 1. The molecule has 3 nitrogen and oxygen atoms in total. The largest absolute Gasteiger partial charge is 0.375 e. The van der Waals surface area contributed by atoms with Gasteiger partial charge in [0.1, 0.15) is 0 Å². The predicted molar refractivity (Wildman–Crippen MR) is 78.7 cm³/mol. The van der Waals surface area contributed by atoms with Crippen LogP contribution in [0.5, 0.6) is 0 Å². The number of benzene rings is 1. The normalized spacial score (nSPS) is 11.1. The lowest BCUT2D eigenvalue weighted by Crippen LogP contribution is -2.10. The maximum absolute atomic E-state index is 5.84. The molecule has 0 aliphatic rings. The minimum Gasteiger partial charge on any atom is -0.375 e. The molecule has 2 rings (SSSR count). The number of nitrogen functional groups attached to an aromatic ring is 1. The fraction of sp³-hybridized carbons (Fsp3) is 0.357. The zero-order valence-corrected chi connectivity index (χ0v) is 11.9. The van der Waals surface area contributed by atoms with Crippen molar-refractivity contribution in [1.82, 2.24) is 9.88 Å². The van der Waals surface area contributed by atoms with Crippen LogP contribution in [0.25, 0.3) is 11.3 Å². The van der Waals surface area contributed by atoms with Gasteiger partial charge in [-0.15, -0.1) is 11.3 Å². The predicted octanol–water partition coefficient (Wildman–Crippen LogP) is 3.02. The van der Waals surface area contributed by atoms with Gasteiger partial charge in [-0.3, -0.25) is 0 Å². The number of nitrogens with zero attached hydrogens (tertiary/aromatic N) is 2. The van der Waals surface area contributed by atoms with Gasteiger partial charge >= 0.3 is 0 Å². The van der Waals surface area contributed by atoms with E-state index in [9.17, 15) is 0 Å². The minimum atomic E-state index is 0.640. The molecular formula is C14H19N3S. The number of hydrogen-bond acceptors (Lipinski definition) is 4. The number of aromatic nitrogens is 1. The van der Waals surface area contributed by atoms with E-state index in [1.165, 1.54) is 10.4 Å². The maximum Gasteiger partial charge on any atom is 0.180 e. The van der Waals surface area contributed by atoms with Crippen LogP contribution >= 0.6 is 11.3 Å². The summed E-state index contributed by atoms with van der Waals surface area (Å²) in [5, 5.41) is 0.640. The lowest BCUT2D eigenvalue weighted by atomic mass is 10.1. The number of nitrogens with two attached hydrogens (primary N) is 1. The van der Waals surface area contributed by atoms with E-state index >= 15 is 0 Å². The summed E-state index contributed by atoms with van der Waals surface area (Å²) in [7, 11) is 4.11. The lowest BCUT2D eigenvalue weighted by molar-refractivity contribution is 0.406. The molecule has 0 unspecified atom stereocenters. The molecule has 1 aromatic heterocycles. The van der Waals surface area contributed by atoms with Crippen LogP contribution in [0.1, 0.15) is 17.4 Å². The van der Waals surface area contributed by atoms with Gasteiger partial charge in [-0.1, -0.05) is 31.2 Å². The molecule has 1 heterocycles. The summed E-state index contributed by atoms with van der Waals surface area (Å²) < 4.78 is 0. The average molecular weight is 261 g/mol.